The van der Waals surface area contributed by atoms with Crippen LogP contribution in [0.4, 0.5) is 0 Å². The molecule has 7 heteroatoms. The van der Waals surface area contributed by atoms with Crippen molar-refractivity contribution in [3.63, 3.8) is 0 Å². The topological polar surface area (TPSA) is 123 Å². The van der Waals surface area contributed by atoms with Gasteiger partial charge in [-0.1, -0.05) is 12.0 Å². The fraction of sp³-hybridized carbons (Fsp3) is 0.0588. The third kappa shape index (κ3) is 4.50. The number of aryl methyl sites for hydroxylation is 1. The monoisotopic (exact) mass is 324 g/mol. The lowest BCUT2D eigenvalue weighted by molar-refractivity contribution is -0.132. The summed E-state index contributed by atoms with van der Waals surface area (Å²) in [6.45, 7) is 1.90. The van der Waals surface area contributed by atoms with E-state index in [2.05, 4.69) is 22.3 Å². The number of carboxylic acids is 1. The van der Waals surface area contributed by atoms with Crippen molar-refractivity contribution in [3.05, 3.63) is 71.0 Å². The Morgan fingerprint density at radius 2 is 1.92 bits per heavy atom. The summed E-state index contributed by atoms with van der Waals surface area (Å²) < 4.78 is 5.30. The minimum atomic E-state index is -1.34. The lowest BCUT2D eigenvalue weighted by Gasteiger charge is -2.10. The van der Waals surface area contributed by atoms with Crippen LogP contribution in [0.15, 0.2) is 54.0 Å². The molecule has 0 fully saturated rings. The molecule has 0 aliphatic carbocycles. The molecule has 122 valence electrons. The molecule has 0 bridgehead atoms. The number of hydrazine groups is 1. The van der Waals surface area contributed by atoms with E-state index in [0.717, 1.165) is 11.3 Å². The van der Waals surface area contributed by atoms with Gasteiger partial charge in [-0.15, -0.1) is 0 Å². The molecular formula is C17H16N4O3. The first-order valence-corrected chi connectivity index (χ1v) is 6.93. The summed E-state index contributed by atoms with van der Waals surface area (Å²) in [7, 11) is 0. The molecule has 24 heavy (non-hydrogen) atoms. The smallest absolute Gasteiger partial charge is 0.357 e. The van der Waals surface area contributed by atoms with Crippen molar-refractivity contribution in [2.75, 3.05) is 0 Å². The summed E-state index contributed by atoms with van der Waals surface area (Å²) in [6, 6.07) is 12.3. The van der Waals surface area contributed by atoms with E-state index in [1.165, 1.54) is 0 Å². The third-order valence-electron chi connectivity index (χ3n) is 2.90. The Kier molecular flexibility index (Phi) is 5.39. The standard InChI is InChI=1S/C17H16N4O3/c1-11-3-2-4-13(20-11)8-5-12-6-9-14(10-7-12)24-16(21-19)15(18)17(22)23/h2-4,6-7,9-10,21H,18-19H2,1H3,(H,22,23)/b16-15+. The molecule has 6 N–H and O–H groups in total. The highest BCUT2D eigenvalue weighted by Crippen LogP contribution is 2.14. The Hall–Kier alpha value is -3.50. The van der Waals surface area contributed by atoms with Gasteiger partial charge in [0.2, 0.25) is 5.88 Å². The van der Waals surface area contributed by atoms with Gasteiger partial charge in [-0.3, -0.25) is 5.43 Å². The van der Waals surface area contributed by atoms with Crippen molar-refractivity contribution in [1.29, 1.82) is 0 Å². The van der Waals surface area contributed by atoms with Crippen molar-refractivity contribution >= 4 is 5.97 Å². The fourth-order valence-electron chi connectivity index (χ4n) is 1.73. The molecule has 0 saturated heterocycles. The van der Waals surface area contributed by atoms with Gasteiger partial charge < -0.3 is 15.6 Å². The number of carboxylic acid groups (broad SMARTS) is 1. The van der Waals surface area contributed by atoms with Crippen molar-refractivity contribution in [2.24, 2.45) is 11.6 Å². The first-order valence-electron chi connectivity index (χ1n) is 6.93. The van der Waals surface area contributed by atoms with Gasteiger partial charge in [0, 0.05) is 11.3 Å². The average molecular weight is 324 g/mol. The molecule has 7 nitrogen and oxygen atoms in total. The Morgan fingerprint density at radius 3 is 2.50 bits per heavy atom. The van der Waals surface area contributed by atoms with Crippen molar-refractivity contribution in [2.45, 2.75) is 6.92 Å². The van der Waals surface area contributed by atoms with Crippen molar-refractivity contribution in [3.8, 4) is 17.6 Å². The van der Waals surface area contributed by atoms with Crippen LogP contribution in [0.3, 0.4) is 0 Å². The zero-order valence-corrected chi connectivity index (χ0v) is 12.9. The number of hydrogen-bond donors (Lipinski definition) is 4. The van der Waals surface area contributed by atoms with Gasteiger partial charge in [-0.25, -0.2) is 15.6 Å². The molecule has 1 aromatic heterocycles. The van der Waals surface area contributed by atoms with E-state index in [1.54, 1.807) is 24.3 Å². The van der Waals surface area contributed by atoms with Gasteiger partial charge in [-0.2, -0.15) is 0 Å². The quantitative estimate of drug-likeness (QED) is 0.216. The van der Waals surface area contributed by atoms with Crippen LogP contribution in [0, 0.1) is 18.8 Å². The highest BCUT2D eigenvalue weighted by molar-refractivity contribution is 5.85. The third-order valence-corrected chi connectivity index (χ3v) is 2.90. The molecule has 0 spiro atoms. The number of nitrogens with two attached hydrogens (primary N) is 2. The van der Waals surface area contributed by atoms with Crippen LogP contribution in [0.1, 0.15) is 17.0 Å². The maximum atomic E-state index is 10.8. The maximum absolute atomic E-state index is 10.8. The second kappa shape index (κ2) is 7.67. The molecule has 0 aliphatic rings. The zero-order valence-electron chi connectivity index (χ0n) is 12.9. The summed E-state index contributed by atoms with van der Waals surface area (Å²) in [4.78, 5) is 15.1. The Bertz CT molecular complexity index is 833. The average Bonchev–Trinajstić information content (AvgIpc) is 2.58. The maximum Gasteiger partial charge on any atom is 0.357 e. The number of aliphatic carboxylic acids is 1. The second-order valence-electron chi connectivity index (χ2n) is 4.73. The zero-order chi connectivity index (χ0) is 17.5. The van der Waals surface area contributed by atoms with Crippen LogP contribution >= 0.6 is 0 Å². The summed E-state index contributed by atoms with van der Waals surface area (Å²) in [6.07, 6.45) is 0. The molecule has 0 radical (unpaired) electrons. The highest BCUT2D eigenvalue weighted by atomic mass is 16.5. The second-order valence-corrected chi connectivity index (χ2v) is 4.73. The SMILES string of the molecule is Cc1cccc(C#Cc2ccc(O/C(NN)=C(/N)C(=O)O)cc2)n1. The minimum absolute atomic E-state index is 0.245. The van der Waals surface area contributed by atoms with E-state index in [1.807, 2.05) is 25.1 Å². The summed E-state index contributed by atoms with van der Waals surface area (Å²) >= 11 is 0. The molecule has 0 amide bonds. The number of aromatic nitrogens is 1. The molecule has 1 heterocycles. The van der Waals surface area contributed by atoms with E-state index in [4.69, 9.17) is 21.4 Å². The van der Waals surface area contributed by atoms with Crippen LogP contribution in [0.5, 0.6) is 5.75 Å². The molecular weight excluding hydrogens is 308 g/mol. The van der Waals surface area contributed by atoms with E-state index in [0.29, 0.717) is 11.4 Å². The number of pyridine rings is 1. The van der Waals surface area contributed by atoms with E-state index in [9.17, 15) is 4.79 Å². The molecule has 0 unspecified atom stereocenters. The van der Waals surface area contributed by atoms with Crippen LogP contribution in [-0.4, -0.2) is 16.1 Å². The van der Waals surface area contributed by atoms with Crippen LogP contribution in [-0.2, 0) is 4.79 Å². The molecule has 2 aromatic rings. The number of ether oxygens (including phenoxy) is 1. The van der Waals surface area contributed by atoms with E-state index in [-0.39, 0.29) is 5.88 Å². The van der Waals surface area contributed by atoms with E-state index < -0.39 is 11.7 Å². The molecule has 1 aromatic carbocycles. The molecule has 0 aliphatic heterocycles. The van der Waals surface area contributed by atoms with Gasteiger partial charge in [0.15, 0.2) is 5.70 Å². The predicted molar refractivity (Wildman–Crippen MR) is 88.2 cm³/mol. The fourth-order valence-corrected chi connectivity index (χ4v) is 1.73. The predicted octanol–water partition coefficient (Wildman–Crippen LogP) is 0.844. The van der Waals surface area contributed by atoms with Crippen molar-refractivity contribution in [1.82, 2.24) is 10.4 Å². The van der Waals surface area contributed by atoms with Crippen LogP contribution in [0.25, 0.3) is 0 Å². The number of benzene rings is 1. The van der Waals surface area contributed by atoms with Crippen molar-refractivity contribution < 1.29 is 14.6 Å². The summed E-state index contributed by atoms with van der Waals surface area (Å²) in [5.41, 5.74) is 9.28. The van der Waals surface area contributed by atoms with Gasteiger partial charge in [-0.05, 0) is 49.2 Å². The summed E-state index contributed by atoms with van der Waals surface area (Å²) in [5, 5.41) is 8.82. The Balaban J connectivity index is 2.14. The van der Waals surface area contributed by atoms with Gasteiger partial charge >= 0.3 is 5.97 Å². The highest BCUT2D eigenvalue weighted by Gasteiger charge is 2.11. The molecule has 2 rings (SSSR count). The lowest BCUT2D eigenvalue weighted by atomic mass is 10.2. The minimum Gasteiger partial charge on any atom is -0.476 e. The Labute approximate surface area is 138 Å². The van der Waals surface area contributed by atoms with Gasteiger partial charge in [0.05, 0.1) is 0 Å². The molecule has 0 saturated carbocycles. The van der Waals surface area contributed by atoms with Gasteiger partial charge in [0.1, 0.15) is 11.4 Å². The van der Waals surface area contributed by atoms with Gasteiger partial charge in [0.25, 0.3) is 0 Å². The first-order chi connectivity index (χ1) is 11.5. The first kappa shape index (κ1) is 16.9. The normalized spacial score (nSPS) is 10.9. The largest absolute Gasteiger partial charge is 0.476 e. The number of rotatable bonds is 4. The molecule has 0 atom stereocenters. The Morgan fingerprint density at radius 1 is 1.21 bits per heavy atom. The number of nitrogens with zero attached hydrogens (tertiary/aromatic N) is 1. The number of carbonyl (C=O) groups is 1. The number of nitrogens with one attached hydrogen (secondary N) is 1. The summed E-state index contributed by atoms with van der Waals surface area (Å²) in [5.74, 6) is 9.94. The van der Waals surface area contributed by atoms with E-state index >= 15 is 0 Å². The van der Waals surface area contributed by atoms with Crippen LogP contribution < -0.4 is 21.7 Å². The van der Waals surface area contributed by atoms with Crippen LogP contribution in [0.2, 0.25) is 0 Å². The lowest BCUT2D eigenvalue weighted by Crippen LogP contribution is -2.31. The number of hydrogen-bond acceptors (Lipinski definition) is 6.